The van der Waals surface area contributed by atoms with Gasteiger partial charge in [0.2, 0.25) is 5.78 Å². The van der Waals surface area contributed by atoms with Gasteiger partial charge in [-0.3, -0.25) is 4.79 Å². The van der Waals surface area contributed by atoms with Crippen LogP contribution in [0.3, 0.4) is 0 Å². The van der Waals surface area contributed by atoms with Crippen LogP contribution in [-0.2, 0) is 0 Å². The minimum absolute atomic E-state index is 0.0164. The van der Waals surface area contributed by atoms with Crippen LogP contribution < -0.4 is 14.2 Å². The highest BCUT2D eigenvalue weighted by Crippen LogP contribution is 2.43. The fraction of sp³-hybridized carbons (Fsp3) is 0.235. The fourth-order valence-corrected chi connectivity index (χ4v) is 2.90. The third-order valence-corrected chi connectivity index (χ3v) is 4.02. The van der Waals surface area contributed by atoms with E-state index < -0.39 is 23.7 Å². The largest absolute Gasteiger partial charge is 0.508 e. The highest BCUT2D eigenvalue weighted by Gasteiger charge is 2.39. The van der Waals surface area contributed by atoms with Crippen molar-refractivity contribution < 1.29 is 34.3 Å². The maximum Gasteiger partial charge on any atom is 0.202 e. The molecule has 0 unspecified atom stereocenters. The van der Waals surface area contributed by atoms with E-state index in [9.17, 15) is 20.1 Å². The van der Waals surface area contributed by atoms with Crippen LogP contribution in [0.5, 0.6) is 28.7 Å². The van der Waals surface area contributed by atoms with Crippen LogP contribution in [0, 0.1) is 0 Å². The van der Waals surface area contributed by atoms with Crippen molar-refractivity contribution in [1.82, 2.24) is 0 Å². The van der Waals surface area contributed by atoms with Gasteiger partial charge in [-0.05, 0) is 17.7 Å². The lowest BCUT2D eigenvalue weighted by Gasteiger charge is -2.30. The van der Waals surface area contributed by atoms with Crippen LogP contribution in [0.25, 0.3) is 0 Å². The first-order chi connectivity index (χ1) is 11.5. The van der Waals surface area contributed by atoms with Crippen molar-refractivity contribution in [2.24, 2.45) is 0 Å². The van der Waals surface area contributed by atoms with Crippen molar-refractivity contribution in [1.29, 1.82) is 0 Å². The summed E-state index contributed by atoms with van der Waals surface area (Å²) in [5, 5.41) is 29.7. The molecular formula is C17H14O7. The summed E-state index contributed by atoms with van der Waals surface area (Å²) in [6.07, 6.45) is -2.47. The zero-order valence-corrected chi connectivity index (χ0v) is 12.4. The molecule has 24 heavy (non-hydrogen) atoms. The number of aromatic hydroxyl groups is 2. The summed E-state index contributed by atoms with van der Waals surface area (Å²) >= 11 is 0. The molecule has 4 rings (SSSR count). The summed E-state index contributed by atoms with van der Waals surface area (Å²) in [5.74, 6) is -0.244. The van der Waals surface area contributed by atoms with Crippen LogP contribution in [0.2, 0.25) is 0 Å². The van der Waals surface area contributed by atoms with Crippen LogP contribution >= 0.6 is 0 Å². The lowest BCUT2D eigenvalue weighted by molar-refractivity contribution is 0.0209. The Hall–Kier alpha value is -2.93. The van der Waals surface area contributed by atoms with Gasteiger partial charge in [-0.1, -0.05) is 6.07 Å². The number of carbonyl (C=O) groups is 1. The first-order valence-corrected chi connectivity index (χ1v) is 7.39. The molecule has 0 radical (unpaired) electrons. The van der Waals surface area contributed by atoms with E-state index in [4.69, 9.17) is 14.2 Å². The summed E-state index contributed by atoms with van der Waals surface area (Å²) in [4.78, 5) is 12.4. The number of benzene rings is 2. The van der Waals surface area contributed by atoms with E-state index in [-0.39, 0.29) is 17.1 Å². The van der Waals surface area contributed by atoms with Gasteiger partial charge in [-0.25, -0.2) is 0 Å². The maximum atomic E-state index is 12.4. The van der Waals surface area contributed by atoms with Crippen molar-refractivity contribution in [3.63, 3.8) is 0 Å². The maximum absolute atomic E-state index is 12.4. The average Bonchev–Trinajstić information content (AvgIpc) is 2.57. The number of carbonyl (C=O) groups excluding carboxylic acids is 1. The Kier molecular flexibility index (Phi) is 3.24. The first-order valence-electron chi connectivity index (χ1n) is 7.39. The Morgan fingerprint density at radius 2 is 1.71 bits per heavy atom. The molecule has 3 N–H and O–H groups in total. The van der Waals surface area contributed by atoms with Crippen LogP contribution in [-0.4, -0.2) is 40.4 Å². The second-order valence-electron chi connectivity index (χ2n) is 5.59. The van der Waals surface area contributed by atoms with Gasteiger partial charge in [-0.2, -0.15) is 0 Å². The van der Waals surface area contributed by atoms with Crippen molar-refractivity contribution in [2.75, 3.05) is 13.2 Å². The molecular weight excluding hydrogens is 316 g/mol. The van der Waals surface area contributed by atoms with Gasteiger partial charge in [0.25, 0.3) is 0 Å². The van der Waals surface area contributed by atoms with Crippen LogP contribution in [0.1, 0.15) is 22.0 Å². The number of hydrogen-bond acceptors (Lipinski definition) is 7. The van der Waals surface area contributed by atoms with E-state index in [0.717, 1.165) is 6.07 Å². The fourth-order valence-electron chi connectivity index (χ4n) is 2.90. The molecule has 0 bridgehead atoms. The molecule has 0 amide bonds. The van der Waals surface area contributed by atoms with Crippen molar-refractivity contribution >= 4 is 5.78 Å². The molecule has 0 fully saturated rings. The Bertz CT molecular complexity index is 830. The number of fused-ring (bicyclic) bond motifs is 2. The molecule has 0 saturated carbocycles. The van der Waals surface area contributed by atoms with E-state index >= 15 is 0 Å². The van der Waals surface area contributed by atoms with E-state index in [1.54, 1.807) is 18.2 Å². The third-order valence-electron chi connectivity index (χ3n) is 4.02. The summed E-state index contributed by atoms with van der Waals surface area (Å²) in [6.45, 7) is 0.868. The summed E-state index contributed by atoms with van der Waals surface area (Å²) in [6, 6.07) is 7.24. The second kappa shape index (κ2) is 5.31. The normalized spacial score (nSPS) is 21.8. The highest BCUT2D eigenvalue weighted by atomic mass is 16.6. The number of phenols is 2. The van der Waals surface area contributed by atoms with Gasteiger partial charge in [0, 0.05) is 12.1 Å². The molecule has 0 saturated heterocycles. The number of ether oxygens (including phenoxy) is 3. The Balaban J connectivity index is 1.75. The zero-order chi connectivity index (χ0) is 16.8. The summed E-state index contributed by atoms with van der Waals surface area (Å²) in [7, 11) is 0. The number of phenolic OH excluding ortho intramolecular Hbond substituents is 2. The monoisotopic (exact) mass is 330 g/mol. The van der Waals surface area contributed by atoms with E-state index in [0.29, 0.717) is 30.3 Å². The molecule has 7 heteroatoms. The third kappa shape index (κ3) is 2.21. The molecule has 2 aliphatic rings. The van der Waals surface area contributed by atoms with Gasteiger partial charge in [-0.15, -0.1) is 0 Å². The number of aliphatic hydroxyl groups excluding tert-OH is 1. The van der Waals surface area contributed by atoms with Crippen LogP contribution in [0.15, 0.2) is 30.3 Å². The van der Waals surface area contributed by atoms with Gasteiger partial charge in [0.15, 0.2) is 23.7 Å². The van der Waals surface area contributed by atoms with Gasteiger partial charge < -0.3 is 29.5 Å². The van der Waals surface area contributed by atoms with E-state index in [2.05, 4.69) is 0 Å². The average molecular weight is 330 g/mol. The predicted octanol–water partition coefficient (Wildman–Crippen LogP) is 1.55. The first kappa shape index (κ1) is 14.6. The molecule has 2 aromatic carbocycles. The SMILES string of the molecule is O=C1c2c(O)cc(O)cc2O[C@H](c2ccc3c(c2)OCCO3)[C@H]1O. The topological polar surface area (TPSA) is 105 Å². The van der Waals surface area contributed by atoms with Crippen molar-refractivity contribution in [2.45, 2.75) is 12.2 Å². The Labute approximate surface area is 136 Å². The predicted molar refractivity (Wildman–Crippen MR) is 80.9 cm³/mol. The standard InChI is InChI=1S/C17H14O7/c18-9-6-10(19)14-13(7-9)24-17(16(21)15(14)20)8-1-2-11-12(5-8)23-4-3-22-11/h1-2,5-7,16-19,21H,3-4H2/t16-,17+/m0/s1. The zero-order valence-electron chi connectivity index (χ0n) is 12.4. The molecule has 0 aliphatic carbocycles. The number of ketones is 1. The molecule has 2 atom stereocenters. The van der Waals surface area contributed by atoms with Crippen LogP contribution in [0.4, 0.5) is 0 Å². The molecule has 0 aromatic heterocycles. The lowest BCUT2D eigenvalue weighted by Crippen LogP contribution is -2.36. The number of aliphatic hydroxyl groups is 1. The summed E-state index contributed by atoms with van der Waals surface area (Å²) < 4.78 is 16.6. The number of rotatable bonds is 1. The molecule has 124 valence electrons. The smallest absolute Gasteiger partial charge is 0.202 e. The molecule has 2 heterocycles. The van der Waals surface area contributed by atoms with Gasteiger partial charge in [0.05, 0.1) is 0 Å². The minimum Gasteiger partial charge on any atom is -0.508 e. The number of hydrogen-bond donors (Lipinski definition) is 3. The molecule has 2 aromatic rings. The van der Waals surface area contributed by atoms with E-state index in [1.807, 2.05) is 0 Å². The number of Topliss-reactive ketones (excluding diaryl/α,β-unsaturated/α-hetero) is 1. The van der Waals surface area contributed by atoms with E-state index in [1.165, 1.54) is 6.07 Å². The summed E-state index contributed by atoms with van der Waals surface area (Å²) in [5.41, 5.74) is 0.377. The van der Waals surface area contributed by atoms with Gasteiger partial charge >= 0.3 is 0 Å². The highest BCUT2D eigenvalue weighted by molar-refractivity contribution is 6.05. The quantitative estimate of drug-likeness (QED) is 0.728. The Morgan fingerprint density at radius 3 is 2.50 bits per heavy atom. The van der Waals surface area contributed by atoms with Gasteiger partial charge in [0.1, 0.15) is 36.0 Å². The van der Waals surface area contributed by atoms with Crippen molar-refractivity contribution in [3.8, 4) is 28.7 Å². The minimum atomic E-state index is -1.49. The molecule has 2 aliphatic heterocycles. The lowest BCUT2D eigenvalue weighted by atomic mass is 9.92. The molecule has 7 nitrogen and oxygen atoms in total. The Morgan fingerprint density at radius 1 is 0.958 bits per heavy atom. The second-order valence-corrected chi connectivity index (χ2v) is 5.59. The van der Waals surface area contributed by atoms with Crippen molar-refractivity contribution in [3.05, 3.63) is 41.5 Å². The molecule has 0 spiro atoms.